The Hall–Kier alpha value is -1.82. The summed E-state index contributed by atoms with van der Waals surface area (Å²) in [6.45, 7) is 1.93. The van der Waals surface area contributed by atoms with Crippen molar-refractivity contribution in [1.82, 2.24) is 16.2 Å². The Morgan fingerprint density at radius 3 is 2.67 bits per heavy atom. The Balaban J connectivity index is 1.89. The molecule has 1 aromatic carbocycles. The molecule has 2 rings (SSSR count). The summed E-state index contributed by atoms with van der Waals surface area (Å²) in [5, 5.41) is 3.65. The highest BCUT2D eigenvalue weighted by molar-refractivity contribution is 7.80. The van der Waals surface area contributed by atoms with E-state index >= 15 is 0 Å². The average molecular weight is 307 g/mol. The minimum absolute atomic E-state index is 0.272. The van der Waals surface area contributed by atoms with Gasteiger partial charge in [-0.25, -0.2) is 0 Å². The number of methoxy groups -OCH3 is 1. The summed E-state index contributed by atoms with van der Waals surface area (Å²) in [4.78, 5) is 12.2. The minimum Gasteiger partial charge on any atom is -0.496 e. The van der Waals surface area contributed by atoms with Gasteiger partial charge in [0.1, 0.15) is 5.75 Å². The van der Waals surface area contributed by atoms with Crippen molar-refractivity contribution < 1.29 is 9.53 Å². The van der Waals surface area contributed by atoms with Crippen LogP contribution in [0.3, 0.4) is 0 Å². The van der Waals surface area contributed by atoms with Crippen molar-refractivity contribution in [2.45, 2.75) is 38.6 Å². The molecule has 0 spiro atoms. The molecule has 114 valence electrons. The van der Waals surface area contributed by atoms with Gasteiger partial charge in [-0.3, -0.25) is 15.6 Å². The number of aryl methyl sites for hydroxylation is 1. The molecular formula is C15H21N3O2S. The zero-order valence-electron chi connectivity index (χ0n) is 12.4. The SMILES string of the molecule is COc1ccc(C)cc1C(=O)NNC(=S)NC1CCCC1. The average Bonchev–Trinajstić information content (AvgIpc) is 2.97. The monoisotopic (exact) mass is 307 g/mol. The number of thiocarbonyl (C=S) groups is 1. The first-order valence-electron chi connectivity index (χ1n) is 7.11. The number of carbonyl (C=O) groups is 1. The summed E-state index contributed by atoms with van der Waals surface area (Å²) >= 11 is 5.18. The molecule has 1 saturated carbocycles. The molecule has 0 bridgehead atoms. The second-order valence-corrected chi connectivity index (χ2v) is 5.65. The molecule has 21 heavy (non-hydrogen) atoms. The van der Waals surface area contributed by atoms with Gasteiger partial charge in [-0.15, -0.1) is 0 Å². The van der Waals surface area contributed by atoms with Crippen LogP contribution in [0.1, 0.15) is 41.6 Å². The van der Waals surface area contributed by atoms with Crippen molar-refractivity contribution in [3.05, 3.63) is 29.3 Å². The van der Waals surface area contributed by atoms with Crippen LogP contribution in [0.2, 0.25) is 0 Å². The van der Waals surface area contributed by atoms with Crippen molar-refractivity contribution in [2.75, 3.05) is 7.11 Å². The van der Waals surface area contributed by atoms with E-state index in [1.165, 1.54) is 12.8 Å². The third kappa shape index (κ3) is 4.32. The first-order chi connectivity index (χ1) is 10.1. The molecule has 0 atom stereocenters. The van der Waals surface area contributed by atoms with Crippen LogP contribution in [0, 0.1) is 6.92 Å². The highest BCUT2D eigenvalue weighted by Gasteiger charge is 2.16. The first kappa shape index (κ1) is 15.6. The lowest BCUT2D eigenvalue weighted by atomic mass is 10.1. The molecule has 0 aromatic heterocycles. The molecular weight excluding hydrogens is 286 g/mol. The van der Waals surface area contributed by atoms with E-state index in [-0.39, 0.29) is 5.91 Å². The molecule has 1 aromatic rings. The van der Waals surface area contributed by atoms with E-state index in [4.69, 9.17) is 17.0 Å². The molecule has 1 aliphatic carbocycles. The van der Waals surface area contributed by atoms with Gasteiger partial charge in [-0.05, 0) is 44.1 Å². The van der Waals surface area contributed by atoms with Crippen LogP contribution in [0.15, 0.2) is 18.2 Å². The molecule has 1 aliphatic rings. The minimum atomic E-state index is -0.272. The second kappa shape index (κ2) is 7.26. The number of benzene rings is 1. The van der Waals surface area contributed by atoms with E-state index in [9.17, 15) is 4.79 Å². The van der Waals surface area contributed by atoms with Crippen molar-refractivity contribution in [3.63, 3.8) is 0 Å². The van der Waals surface area contributed by atoms with E-state index in [1.54, 1.807) is 19.2 Å². The van der Waals surface area contributed by atoms with Gasteiger partial charge in [0.2, 0.25) is 0 Å². The third-order valence-corrected chi connectivity index (χ3v) is 3.80. The summed E-state index contributed by atoms with van der Waals surface area (Å²) in [7, 11) is 1.54. The zero-order valence-corrected chi connectivity index (χ0v) is 13.2. The van der Waals surface area contributed by atoms with Crippen LogP contribution in [-0.4, -0.2) is 24.2 Å². The Bertz CT molecular complexity index is 528. The van der Waals surface area contributed by atoms with Crippen LogP contribution in [0.25, 0.3) is 0 Å². The normalized spacial score (nSPS) is 14.6. The highest BCUT2D eigenvalue weighted by Crippen LogP contribution is 2.19. The molecule has 0 unspecified atom stereocenters. The van der Waals surface area contributed by atoms with Crippen molar-refractivity contribution in [1.29, 1.82) is 0 Å². The van der Waals surface area contributed by atoms with E-state index in [0.717, 1.165) is 18.4 Å². The molecule has 1 fully saturated rings. The van der Waals surface area contributed by atoms with Crippen molar-refractivity contribution in [2.24, 2.45) is 0 Å². The number of carbonyl (C=O) groups excluding carboxylic acids is 1. The maximum atomic E-state index is 12.2. The number of hydrazine groups is 1. The lowest BCUT2D eigenvalue weighted by Gasteiger charge is -2.16. The summed E-state index contributed by atoms with van der Waals surface area (Å²) in [6.07, 6.45) is 4.71. The number of rotatable bonds is 3. The fourth-order valence-electron chi connectivity index (χ4n) is 2.47. The standard InChI is InChI=1S/C15H21N3O2S/c1-10-7-8-13(20-2)12(9-10)14(19)17-18-15(21)16-11-5-3-4-6-11/h7-9,11H,3-6H2,1-2H3,(H,17,19)(H2,16,18,21). The molecule has 3 N–H and O–H groups in total. The van der Waals surface area contributed by atoms with E-state index in [1.807, 2.05) is 13.0 Å². The van der Waals surface area contributed by atoms with Crippen LogP contribution >= 0.6 is 12.2 Å². The van der Waals surface area contributed by atoms with Crippen LogP contribution < -0.4 is 20.9 Å². The van der Waals surface area contributed by atoms with Gasteiger partial charge in [-0.1, -0.05) is 24.5 Å². The van der Waals surface area contributed by atoms with E-state index in [2.05, 4.69) is 16.2 Å². The number of nitrogens with one attached hydrogen (secondary N) is 3. The highest BCUT2D eigenvalue weighted by atomic mass is 32.1. The quantitative estimate of drug-likeness (QED) is 0.589. The molecule has 0 radical (unpaired) electrons. The first-order valence-corrected chi connectivity index (χ1v) is 7.52. The smallest absolute Gasteiger partial charge is 0.273 e. The van der Waals surface area contributed by atoms with Gasteiger partial charge in [0, 0.05) is 6.04 Å². The molecule has 1 amide bonds. The predicted molar refractivity (Wildman–Crippen MR) is 86.3 cm³/mol. The number of hydrogen-bond donors (Lipinski definition) is 3. The van der Waals surface area contributed by atoms with Crippen LogP contribution in [0.5, 0.6) is 5.75 Å². The number of hydrogen-bond acceptors (Lipinski definition) is 3. The number of amides is 1. The van der Waals surface area contributed by atoms with Crippen LogP contribution in [-0.2, 0) is 0 Å². The molecule has 0 aliphatic heterocycles. The Kier molecular flexibility index (Phi) is 5.38. The van der Waals surface area contributed by atoms with E-state index in [0.29, 0.717) is 22.5 Å². The van der Waals surface area contributed by atoms with Gasteiger partial charge in [-0.2, -0.15) is 0 Å². The Morgan fingerprint density at radius 1 is 1.29 bits per heavy atom. The summed E-state index contributed by atoms with van der Waals surface area (Å²) in [6, 6.07) is 5.87. The third-order valence-electron chi connectivity index (χ3n) is 3.58. The van der Waals surface area contributed by atoms with Gasteiger partial charge >= 0.3 is 0 Å². The molecule has 0 saturated heterocycles. The van der Waals surface area contributed by atoms with Crippen LogP contribution in [0.4, 0.5) is 0 Å². The zero-order chi connectivity index (χ0) is 15.2. The summed E-state index contributed by atoms with van der Waals surface area (Å²) in [5.41, 5.74) is 6.82. The van der Waals surface area contributed by atoms with Crippen molar-refractivity contribution >= 4 is 23.2 Å². The topological polar surface area (TPSA) is 62.4 Å². The Labute approximate surface area is 130 Å². The summed E-state index contributed by atoms with van der Waals surface area (Å²) in [5.74, 6) is 0.265. The second-order valence-electron chi connectivity index (χ2n) is 5.24. The Morgan fingerprint density at radius 2 is 2.00 bits per heavy atom. The maximum Gasteiger partial charge on any atom is 0.273 e. The van der Waals surface area contributed by atoms with Gasteiger partial charge in [0.05, 0.1) is 12.7 Å². The molecule has 6 heteroatoms. The van der Waals surface area contributed by atoms with Gasteiger partial charge < -0.3 is 10.1 Å². The molecule has 0 heterocycles. The summed E-state index contributed by atoms with van der Waals surface area (Å²) < 4.78 is 5.20. The largest absolute Gasteiger partial charge is 0.496 e. The predicted octanol–water partition coefficient (Wildman–Crippen LogP) is 2.06. The maximum absolute atomic E-state index is 12.2. The fourth-order valence-corrected chi connectivity index (χ4v) is 2.69. The molecule has 5 nitrogen and oxygen atoms in total. The fraction of sp³-hybridized carbons (Fsp3) is 0.467. The lowest BCUT2D eigenvalue weighted by molar-refractivity contribution is 0.0940. The van der Waals surface area contributed by atoms with E-state index < -0.39 is 0 Å². The van der Waals surface area contributed by atoms with Gasteiger partial charge in [0.15, 0.2) is 5.11 Å². The number of ether oxygens (including phenoxy) is 1. The van der Waals surface area contributed by atoms with Gasteiger partial charge in [0.25, 0.3) is 5.91 Å². The lowest BCUT2D eigenvalue weighted by Crippen LogP contribution is -2.49. The van der Waals surface area contributed by atoms with Crippen molar-refractivity contribution in [3.8, 4) is 5.75 Å².